The van der Waals surface area contributed by atoms with Gasteiger partial charge in [-0.3, -0.25) is 9.69 Å². The fourth-order valence-electron chi connectivity index (χ4n) is 2.53. The van der Waals surface area contributed by atoms with Crippen molar-refractivity contribution in [3.8, 4) is 0 Å². The first-order valence-corrected chi connectivity index (χ1v) is 8.29. The number of hydrogen-bond donors (Lipinski definition) is 0. The van der Waals surface area contributed by atoms with E-state index in [2.05, 4.69) is 10.1 Å². The summed E-state index contributed by atoms with van der Waals surface area (Å²) >= 11 is 0. The van der Waals surface area contributed by atoms with Gasteiger partial charge in [-0.25, -0.2) is 4.39 Å². The molecule has 0 fully saturated rings. The van der Waals surface area contributed by atoms with E-state index in [1.54, 1.807) is 43.1 Å². The van der Waals surface area contributed by atoms with Gasteiger partial charge >= 0.3 is 0 Å². The fraction of sp³-hybridized carbons (Fsp3) is 0.500. The van der Waals surface area contributed by atoms with E-state index >= 15 is 0 Å². The van der Waals surface area contributed by atoms with Crippen LogP contribution >= 0.6 is 0 Å². The van der Waals surface area contributed by atoms with Crippen molar-refractivity contribution in [1.29, 1.82) is 0 Å². The van der Waals surface area contributed by atoms with Crippen LogP contribution < -0.4 is 0 Å². The molecule has 0 saturated heterocycles. The zero-order valence-electron chi connectivity index (χ0n) is 15.4. The maximum atomic E-state index is 13.5. The molecule has 2 aromatic rings. The first-order valence-electron chi connectivity index (χ1n) is 8.29. The van der Waals surface area contributed by atoms with Gasteiger partial charge in [-0.05, 0) is 31.8 Å². The molecule has 25 heavy (non-hydrogen) atoms. The van der Waals surface area contributed by atoms with E-state index in [9.17, 15) is 9.18 Å². The Labute approximate surface area is 147 Å². The molecular weight excluding hydrogens is 323 g/mol. The molecule has 0 spiro atoms. The molecule has 0 bridgehead atoms. The molecule has 1 aromatic carbocycles. The van der Waals surface area contributed by atoms with Gasteiger partial charge < -0.3 is 9.42 Å². The molecule has 7 heteroatoms. The normalized spacial score (nSPS) is 12.6. The van der Waals surface area contributed by atoms with E-state index in [0.717, 1.165) is 0 Å². The van der Waals surface area contributed by atoms with Crippen LogP contribution in [0.15, 0.2) is 28.8 Å². The van der Waals surface area contributed by atoms with Crippen LogP contribution in [0.5, 0.6) is 0 Å². The zero-order valence-corrected chi connectivity index (χ0v) is 15.4. The average Bonchev–Trinajstić information content (AvgIpc) is 3.01. The van der Waals surface area contributed by atoms with Crippen molar-refractivity contribution in [2.45, 2.75) is 32.2 Å². The molecule has 1 atom stereocenters. The van der Waals surface area contributed by atoms with Crippen LogP contribution in [0.4, 0.5) is 4.39 Å². The largest absolute Gasteiger partial charge is 0.344 e. The number of nitrogens with zero attached hydrogens (tertiary/aromatic N) is 4. The average molecular weight is 348 g/mol. The van der Waals surface area contributed by atoms with Gasteiger partial charge in [0.15, 0.2) is 5.82 Å². The Morgan fingerprint density at radius 3 is 2.56 bits per heavy atom. The molecule has 6 nitrogen and oxygen atoms in total. The van der Waals surface area contributed by atoms with E-state index in [-0.39, 0.29) is 17.6 Å². The first-order chi connectivity index (χ1) is 11.8. The van der Waals surface area contributed by atoms with Crippen LogP contribution in [-0.4, -0.2) is 53.5 Å². The van der Waals surface area contributed by atoms with Crippen molar-refractivity contribution >= 4 is 5.91 Å². The Kier molecular flexibility index (Phi) is 6.25. The smallest absolute Gasteiger partial charge is 0.244 e. The molecule has 0 aliphatic heterocycles. The Morgan fingerprint density at radius 1 is 1.28 bits per heavy atom. The highest BCUT2D eigenvalue weighted by molar-refractivity contribution is 5.83. The second kappa shape index (κ2) is 8.20. The molecule has 0 N–H and O–H groups in total. The predicted octanol–water partition coefficient (Wildman–Crippen LogP) is 2.64. The summed E-state index contributed by atoms with van der Waals surface area (Å²) < 4.78 is 18.7. The number of hydrogen-bond acceptors (Lipinski definition) is 5. The van der Waals surface area contributed by atoms with Crippen molar-refractivity contribution < 1.29 is 13.7 Å². The van der Waals surface area contributed by atoms with Crippen molar-refractivity contribution in [2.24, 2.45) is 0 Å². The Bertz CT molecular complexity index is 715. The van der Waals surface area contributed by atoms with Crippen molar-refractivity contribution in [3.05, 3.63) is 47.4 Å². The minimum atomic E-state index is -0.544. The van der Waals surface area contributed by atoms with E-state index in [1.807, 2.05) is 13.8 Å². The second-order valence-electron chi connectivity index (χ2n) is 6.63. The number of halogens is 1. The SMILES string of the molecule is CC(C)c1nc(CCN(C)C(=O)[C@H](c2cccc(F)c2)N(C)C)no1. The monoisotopic (exact) mass is 348 g/mol. The highest BCUT2D eigenvalue weighted by Crippen LogP contribution is 2.21. The van der Waals surface area contributed by atoms with E-state index in [1.165, 1.54) is 12.1 Å². The van der Waals surface area contributed by atoms with Crippen LogP contribution in [0, 0.1) is 5.82 Å². The van der Waals surface area contributed by atoms with Gasteiger partial charge in [-0.2, -0.15) is 4.98 Å². The second-order valence-corrected chi connectivity index (χ2v) is 6.63. The standard InChI is InChI=1S/C18H25FN4O2/c1-12(2)17-20-15(21-25-17)9-10-23(5)18(24)16(22(3)4)13-7-6-8-14(19)11-13/h6-8,11-12,16H,9-10H2,1-5H3/t16-/m0/s1. The quantitative estimate of drug-likeness (QED) is 0.770. The molecule has 0 saturated carbocycles. The summed E-state index contributed by atoms with van der Waals surface area (Å²) in [5.41, 5.74) is 0.628. The predicted molar refractivity (Wildman–Crippen MR) is 92.6 cm³/mol. The topological polar surface area (TPSA) is 62.5 Å². The third-order valence-electron chi connectivity index (χ3n) is 3.94. The van der Waals surface area contributed by atoms with Crippen LogP contribution in [-0.2, 0) is 11.2 Å². The zero-order chi connectivity index (χ0) is 18.6. The maximum Gasteiger partial charge on any atom is 0.244 e. The molecular formula is C18H25FN4O2. The summed E-state index contributed by atoms with van der Waals surface area (Å²) in [5, 5.41) is 3.93. The summed E-state index contributed by atoms with van der Waals surface area (Å²) in [6.45, 7) is 4.41. The van der Waals surface area contributed by atoms with Gasteiger partial charge in [0.1, 0.15) is 11.9 Å². The van der Waals surface area contributed by atoms with Crippen LogP contribution in [0.1, 0.15) is 43.1 Å². The first kappa shape index (κ1) is 19.1. The molecule has 0 aliphatic carbocycles. The summed E-state index contributed by atoms with van der Waals surface area (Å²) in [4.78, 5) is 20.5. The Hall–Kier alpha value is -2.28. The molecule has 0 radical (unpaired) electrons. The van der Waals surface area contributed by atoms with E-state index in [0.29, 0.717) is 30.2 Å². The highest BCUT2D eigenvalue weighted by Gasteiger charge is 2.26. The number of benzene rings is 1. The fourth-order valence-corrected chi connectivity index (χ4v) is 2.53. The molecule has 0 unspecified atom stereocenters. The lowest BCUT2D eigenvalue weighted by atomic mass is 10.0. The van der Waals surface area contributed by atoms with Crippen molar-refractivity contribution in [3.63, 3.8) is 0 Å². The van der Waals surface area contributed by atoms with Gasteiger partial charge in [-0.1, -0.05) is 31.1 Å². The van der Waals surface area contributed by atoms with Gasteiger partial charge in [0.05, 0.1) is 0 Å². The molecule has 1 aromatic heterocycles. The summed E-state index contributed by atoms with van der Waals surface area (Å²) in [7, 11) is 5.33. The lowest BCUT2D eigenvalue weighted by Crippen LogP contribution is -2.39. The molecule has 1 amide bonds. The minimum absolute atomic E-state index is 0.108. The molecule has 136 valence electrons. The van der Waals surface area contributed by atoms with Crippen molar-refractivity contribution in [2.75, 3.05) is 27.7 Å². The number of carbonyl (C=O) groups excluding carboxylic acids is 1. The van der Waals surface area contributed by atoms with Gasteiger partial charge in [0.25, 0.3) is 0 Å². The number of carbonyl (C=O) groups is 1. The minimum Gasteiger partial charge on any atom is -0.344 e. The molecule has 0 aliphatic rings. The van der Waals surface area contributed by atoms with E-state index < -0.39 is 6.04 Å². The van der Waals surface area contributed by atoms with E-state index in [4.69, 9.17) is 4.52 Å². The lowest BCUT2D eigenvalue weighted by Gasteiger charge is -2.28. The number of likely N-dealkylation sites (N-methyl/N-ethyl adjacent to an activating group) is 2. The van der Waals surface area contributed by atoms with Gasteiger partial charge in [0, 0.05) is 25.9 Å². The Morgan fingerprint density at radius 2 is 2.00 bits per heavy atom. The van der Waals surface area contributed by atoms with Gasteiger partial charge in [0.2, 0.25) is 11.8 Å². The van der Waals surface area contributed by atoms with Crippen LogP contribution in [0.25, 0.3) is 0 Å². The number of amides is 1. The van der Waals surface area contributed by atoms with Crippen molar-refractivity contribution in [1.82, 2.24) is 19.9 Å². The third-order valence-corrected chi connectivity index (χ3v) is 3.94. The molecule has 2 rings (SSSR count). The lowest BCUT2D eigenvalue weighted by molar-refractivity contribution is -0.135. The highest BCUT2D eigenvalue weighted by atomic mass is 19.1. The molecule has 1 heterocycles. The van der Waals surface area contributed by atoms with Gasteiger partial charge in [-0.15, -0.1) is 0 Å². The summed E-state index contributed by atoms with van der Waals surface area (Å²) in [5.74, 6) is 0.883. The number of aromatic nitrogens is 2. The summed E-state index contributed by atoms with van der Waals surface area (Å²) in [6.07, 6.45) is 0.502. The van der Waals surface area contributed by atoms with Crippen LogP contribution in [0.3, 0.4) is 0 Å². The maximum absolute atomic E-state index is 13.5. The summed E-state index contributed by atoms with van der Waals surface area (Å²) in [6, 6.07) is 5.59. The Balaban J connectivity index is 2.05. The number of rotatable bonds is 7. The van der Waals surface area contributed by atoms with Crippen LogP contribution in [0.2, 0.25) is 0 Å². The third kappa shape index (κ3) is 4.85.